The van der Waals surface area contributed by atoms with Gasteiger partial charge >= 0.3 is 0 Å². The van der Waals surface area contributed by atoms with E-state index in [2.05, 4.69) is 15.8 Å². The van der Waals surface area contributed by atoms with Gasteiger partial charge in [0.1, 0.15) is 0 Å². The summed E-state index contributed by atoms with van der Waals surface area (Å²) in [5.74, 6) is 3.47. The largest absolute Gasteiger partial charge is 0.493 e. The molecule has 0 aromatic heterocycles. The zero-order valence-corrected chi connectivity index (χ0v) is 19.4. The summed E-state index contributed by atoms with van der Waals surface area (Å²) in [4.78, 5) is 25.3. The Morgan fingerprint density at radius 3 is 2.25 bits per heavy atom. The summed E-state index contributed by atoms with van der Waals surface area (Å²) >= 11 is 0. The van der Waals surface area contributed by atoms with Crippen LogP contribution in [0.4, 0.5) is 0 Å². The molecule has 2 N–H and O–H groups in total. The number of hydrogen-bond acceptors (Lipinski definition) is 5. The fraction of sp³-hybridized carbons (Fsp3) is 0.640. The number of carbonyl (C=O) groups excluding carboxylic acids is 2. The molecule has 4 bridgehead atoms. The van der Waals surface area contributed by atoms with Crippen LogP contribution in [-0.4, -0.2) is 38.3 Å². The zero-order chi connectivity index (χ0) is 22.7. The monoisotopic (exact) mass is 441 g/mol. The minimum atomic E-state index is -0.222. The molecule has 32 heavy (non-hydrogen) atoms. The molecule has 4 aliphatic rings. The van der Waals surface area contributed by atoms with Crippen LogP contribution in [0.5, 0.6) is 11.5 Å². The molecular weight excluding hydrogens is 406 g/mol. The molecule has 0 aliphatic heterocycles. The summed E-state index contributed by atoms with van der Waals surface area (Å²) in [6.45, 7) is 2.30. The molecule has 0 heterocycles. The first-order valence-corrected chi connectivity index (χ1v) is 11.7. The molecule has 174 valence electrons. The second kappa shape index (κ2) is 9.51. The number of hydrogen-bond donors (Lipinski definition) is 2. The van der Waals surface area contributed by atoms with Gasteiger partial charge in [-0.1, -0.05) is 6.07 Å². The summed E-state index contributed by atoms with van der Waals surface area (Å²) in [5, 5.41) is 7.17. The maximum Gasteiger partial charge on any atom is 0.246 e. The van der Waals surface area contributed by atoms with Crippen molar-refractivity contribution in [1.29, 1.82) is 0 Å². The first-order valence-electron chi connectivity index (χ1n) is 11.7. The standard InChI is InChI=1S/C25H35N3O4/c1-16(8-23(29)26-7-6-17-4-5-21(31-2)22(12-17)32-3)27-28-24(30)25-13-18-9-19(14-25)11-20(10-18)15-25/h4-5,12,18-20H,6-11,13-15H2,1-3H3,(H,26,29)(H,28,30). The first kappa shape index (κ1) is 22.6. The van der Waals surface area contributed by atoms with E-state index in [0.717, 1.165) is 24.8 Å². The Kier molecular flexibility index (Phi) is 6.72. The van der Waals surface area contributed by atoms with E-state index in [-0.39, 0.29) is 23.7 Å². The third kappa shape index (κ3) is 4.92. The minimum Gasteiger partial charge on any atom is -0.493 e. The van der Waals surface area contributed by atoms with E-state index in [0.29, 0.717) is 47.9 Å². The van der Waals surface area contributed by atoms with Crippen molar-refractivity contribution in [2.45, 2.75) is 58.3 Å². The van der Waals surface area contributed by atoms with Gasteiger partial charge in [0.15, 0.2) is 11.5 Å². The molecule has 7 nitrogen and oxygen atoms in total. The van der Waals surface area contributed by atoms with Crippen LogP contribution >= 0.6 is 0 Å². The van der Waals surface area contributed by atoms with E-state index in [4.69, 9.17) is 9.47 Å². The molecule has 0 radical (unpaired) electrons. The number of carbonyl (C=O) groups is 2. The SMILES string of the molecule is COc1ccc(CCNC(=O)CC(C)=NNC(=O)C23CC4CC(CC(C4)C2)C3)cc1OC. The molecule has 0 unspecified atom stereocenters. The van der Waals surface area contributed by atoms with Crippen LogP contribution in [0.3, 0.4) is 0 Å². The molecule has 1 aromatic rings. The third-order valence-electron chi connectivity index (χ3n) is 7.47. The second-order valence-electron chi connectivity index (χ2n) is 9.95. The van der Waals surface area contributed by atoms with E-state index in [1.807, 2.05) is 18.2 Å². The van der Waals surface area contributed by atoms with Crippen LogP contribution in [0.25, 0.3) is 0 Å². The normalized spacial score (nSPS) is 28.3. The lowest BCUT2D eigenvalue weighted by atomic mass is 9.49. The average molecular weight is 442 g/mol. The van der Waals surface area contributed by atoms with Gasteiger partial charge < -0.3 is 14.8 Å². The molecule has 2 amide bonds. The molecule has 4 saturated carbocycles. The number of benzene rings is 1. The van der Waals surface area contributed by atoms with Crippen LogP contribution in [0.15, 0.2) is 23.3 Å². The van der Waals surface area contributed by atoms with Crippen molar-refractivity contribution in [1.82, 2.24) is 10.7 Å². The van der Waals surface area contributed by atoms with Crippen molar-refractivity contribution in [3.63, 3.8) is 0 Å². The number of methoxy groups -OCH3 is 2. The number of nitrogens with one attached hydrogen (secondary N) is 2. The highest BCUT2D eigenvalue weighted by atomic mass is 16.5. The molecule has 4 aliphatic carbocycles. The minimum absolute atomic E-state index is 0.0600. The summed E-state index contributed by atoms with van der Waals surface area (Å²) in [6.07, 6.45) is 7.80. The number of nitrogens with zero attached hydrogens (tertiary/aromatic N) is 1. The predicted octanol–water partition coefficient (Wildman–Crippen LogP) is 3.46. The summed E-state index contributed by atoms with van der Waals surface area (Å²) < 4.78 is 10.6. The van der Waals surface area contributed by atoms with E-state index < -0.39 is 0 Å². The predicted molar refractivity (Wildman–Crippen MR) is 123 cm³/mol. The van der Waals surface area contributed by atoms with E-state index in [1.165, 1.54) is 19.3 Å². The van der Waals surface area contributed by atoms with E-state index in [1.54, 1.807) is 21.1 Å². The Balaban J connectivity index is 1.22. The Hall–Kier alpha value is -2.57. The molecule has 1 aromatic carbocycles. The molecule has 5 rings (SSSR count). The van der Waals surface area contributed by atoms with E-state index >= 15 is 0 Å². The summed E-state index contributed by atoms with van der Waals surface area (Å²) in [6, 6.07) is 5.73. The Morgan fingerprint density at radius 1 is 1.03 bits per heavy atom. The zero-order valence-electron chi connectivity index (χ0n) is 19.4. The first-order chi connectivity index (χ1) is 15.4. The van der Waals surface area contributed by atoms with Crippen LogP contribution in [-0.2, 0) is 16.0 Å². The Morgan fingerprint density at radius 2 is 1.66 bits per heavy atom. The third-order valence-corrected chi connectivity index (χ3v) is 7.47. The Labute approximate surface area is 190 Å². The highest BCUT2D eigenvalue weighted by Crippen LogP contribution is 2.60. The van der Waals surface area contributed by atoms with Crippen molar-refractivity contribution in [2.75, 3.05) is 20.8 Å². The molecule has 0 spiro atoms. The molecule has 4 fully saturated rings. The van der Waals surface area contributed by atoms with Gasteiger partial charge in [-0.25, -0.2) is 5.43 Å². The highest BCUT2D eigenvalue weighted by Gasteiger charge is 2.54. The van der Waals surface area contributed by atoms with Gasteiger partial charge in [-0.05, 0) is 87.3 Å². The molecule has 7 heteroatoms. The lowest BCUT2D eigenvalue weighted by molar-refractivity contribution is -0.146. The maximum absolute atomic E-state index is 13.0. The fourth-order valence-electron chi connectivity index (χ4n) is 6.37. The maximum atomic E-state index is 13.0. The van der Waals surface area contributed by atoms with Gasteiger partial charge in [0.2, 0.25) is 11.8 Å². The van der Waals surface area contributed by atoms with Gasteiger partial charge in [-0.2, -0.15) is 5.10 Å². The second-order valence-corrected chi connectivity index (χ2v) is 9.95. The van der Waals surface area contributed by atoms with Gasteiger partial charge in [-0.15, -0.1) is 0 Å². The van der Waals surface area contributed by atoms with Crippen LogP contribution in [0, 0.1) is 23.2 Å². The summed E-state index contributed by atoms with van der Waals surface area (Å²) in [7, 11) is 3.21. The van der Waals surface area contributed by atoms with Crippen molar-refractivity contribution in [2.24, 2.45) is 28.3 Å². The van der Waals surface area contributed by atoms with Gasteiger partial charge in [0.05, 0.1) is 26.1 Å². The fourth-order valence-corrected chi connectivity index (χ4v) is 6.37. The van der Waals surface area contributed by atoms with Crippen molar-refractivity contribution < 1.29 is 19.1 Å². The number of hydrazone groups is 1. The quantitative estimate of drug-likeness (QED) is 0.454. The lowest BCUT2D eigenvalue weighted by Crippen LogP contribution is -2.52. The number of rotatable bonds is 9. The van der Waals surface area contributed by atoms with Crippen LogP contribution in [0.2, 0.25) is 0 Å². The Bertz CT molecular complexity index is 860. The number of ether oxygens (including phenoxy) is 2. The number of amides is 2. The molecule has 0 saturated heterocycles. The smallest absolute Gasteiger partial charge is 0.246 e. The molecular formula is C25H35N3O4. The average Bonchev–Trinajstić information content (AvgIpc) is 2.76. The van der Waals surface area contributed by atoms with Crippen molar-refractivity contribution in [3.05, 3.63) is 23.8 Å². The van der Waals surface area contributed by atoms with E-state index in [9.17, 15) is 9.59 Å². The van der Waals surface area contributed by atoms with Crippen LogP contribution in [0.1, 0.15) is 57.4 Å². The van der Waals surface area contributed by atoms with Crippen molar-refractivity contribution in [3.8, 4) is 11.5 Å². The van der Waals surface area contributed by atoms with Crippen molar-refractivity contribution >= 4 is 17.5 Å². The van der Waals surface area contributed by atoms with Crippen LogP contribution < -0.4 is 20.2 Å². The lowest BCUT2D eigenvalue weighted by Gasteiger charge is -2.55. The van der Waals surface area contributed by atoms with Gasteiger partial charge in [-0.3, -0.25) is 9.59 Å². The summed E-state index contributed by atoms with van der Waals surface area (Å²) in [5.41, 5.74) is 4.24. The van der Waals surface area contributed by atoms with Gasteiger partial charge in [0, 0.05) is 12.3 Å². The molecule has 0 atom stereocenters. The highest BCUT2D eigenvalue weighted by molar-refractivity contribution is 6.00. The van der Waals surface area contributed by atoms with Gasteiger partial charge in [0.25, 0.3) is 0 Å². The topological polar surface area (TPSA) is 89.0 Å².